The van der Waals surface area contributed by atoms with E-state index < -0.39 is 5.91 Å². The van der Waals surface area contributed by atoms with Crippen molar-refractivity contribution in [2.75, 3.05) is 0 Å². The first-order valence-corrected chi connectivity index (χ1v) is 9.00. The fourth-order valence-electron chi connectivity index (χ4n) is 2.32. The van der Waals surface area contributed by atoms with Crippen molar-refractivity contribution in [1.29, 1.82) is 0 Å². The third-order valence-electron chi connectivity index (χ3n) is 3.53. The zero-order valence-electron chi connectivity index (χ0n) is 13.3. The van der Waals surface area contributed by atoms with Crippen LogP contribution in [0.5, 0.6) is 0 Å². The van der Waals surface area contributed by atoms with E-state index in [2.05, 4.69) is 15.8 Å². The highest BCUT2D eigenvalue weighted by molar-refractivity contribution is 7.18. The molecule has 3 rings (SSSR count). The van der Waals surface area contributed by atoms with Crippen LogP contribution in [0, 0.1) is 0 Å². The number of amides is 2. The number of carbonyl (C=O) groups is 2. The van der Waals surface area contributed by atoms with E-state index in [-0.39, 0.29) is 5.91 Å². The van der Waals surface area contributed by atoms with Crippen molar-refractivity contribution in [2.24, 2.45) is 0 Å². The van der Waals surface area contributed by atoms with Crippen LogP contribution in [0.25, 0.3) is 10.2 Å². The number of nitrogens with one attached hydrogen (secondary N) is 2. The van der Waals surface area contributed by atoms with Crippen LogP contribution in [-0.4, -0.2) is 16.8 Å². The molecule has 0 saturated heterocycles. The molecule has 1 heterocycles. The molecule has 2 amide bonds. The maximum Gasteiger partial charge on any atom is 0.269 e. The summed E-state index contributed by atoms with van der Waals surface area (Å²) in [7, 11) is 0. The maximum atomic E-state index is 11.9. The van der Waals surface area contributed by atoms with Gasteiger partial charge in [-0.3, -0.25) is 20.4 Å². The van der Waals surface area contributed by atoms with Gasteiger partial charge in [0.05, 0.1) is 15.2 Å². The molecule has 2 aromatic carbocycles. The highest BCUT2D eigenvalue weighted by Crippen LogP contribution is 2.22. The molecule has 0 radical (unpaired) electrons. The number of thiazole rings is 1. The smallest absolute Gasteiger partial charge is 0.269 e. The van der Waals surface area contributed by atoms with Gasteiger partial charge in [0.2, 0.25) is 5.91 Å². The van der Waals surface area contributed by atoms with Crippen LogP contribution in [0.2, 0.25) is 5.02 Å². The summed E-state index contributed by atoms with van der Waals surface area (Å²) >= 11 is 7.48. The van der Waals surface area contributed by atoms with E-state index in [4.69, 9.17) is 11.6 Å². The Morgan fingerprint density at radius 3 is 2.72 bits per heavy atom. The van der Waals surface area contributed by atoms with E-state index >= 15 is 0 Å². The van der Waals surface area contributed by atoms with Crippen LogP contribution in [0.15, 0.2) is 48.5 Å². The van der Waals surface area contributed by atoms with Gasteiger partial charge in [0.25, 0.3) is 5.91 Å². The topological polar surface area (TPSA) is 71.1 Å². The van der Waals surface area contributed by atoms with Crippen molar-refractivity contribution in [3.63, 3.8) is 0 Å². The summed E-state index contributed by atoms with van der Waals surface area (Å²) in [6, 6.07) is 14.5. The van der Waals surface area contributed by atoms with Gasteiger partial charge in [0, 0.05) is 17.0 Å². The highest BCUT2D eigenvalue weighted by atomic mass is 35.5. The van der Waals surface area contributed by atoms with E-state index in [1.165, 1.54) is 6.07 Å². The number of hydrogen-bond donors (Lipinski definition) is 2. The molecule has 25 heavy (non-hydrogen) atoms. The third-order valence-corrected chi connectivity index (χ3v) is 4.87. The van der Waals surface area contributed by atoms with Crippen LogP contribution in [0.3, 0.4) is 0 Å². The van der Waals surface area contributed by atoms with Crippen molar-refractivity contribution >= 4 is 45.0 Å². The molecular weight excluding hydrogens is 358 g/mol. The number of halogens is 1. The molecule has 7 heteroatoms. The zero-order valence-corrected chi connectivity index (χ0v) is 14.9. The first kappa shape index (κ1) is 17.4. The van der Waals surface area contributed by atoms with Crippen LogP contribution in [0.4, 0.5) is 0 Å². The molecule has 0 unspecified atom stereocenters. The molecule has 1 aromatic heterocycles. The van der Waals surface area contributed by atoms with Gasteiger partial charge in [-0.05, 0) is 43.2 Å². The Balaban J connectivity index is 1.42. The molecule has 128 valence electrons. The second-order valence-electron chi connectivity index (χ2n) is 5.44. The van der Waals surface area contributed by atoms with Gasteiger partial charge in [-0.25, -0.2) is 4.98 Å². The largest absolute Gasteiger partial charge is 0.273 e. The number of nitrogens with zero attached hydrogens (tertiary/aromatic N) is 1. The summed E-state index contributed by atoms with van der Waals surface area (Å²) < 4.78 is 1.15. The molecule has 0 aliphatic heterocycles. The third kappa shape index (κ3) is 4.78. The van der Waals surface area contributed by atoms with Crippen molar-refractivity contribution in [3.8, 4) is 0 Å². The maximum absolute atomic E-state index is 11.9. The van der Waals surface area contributed by atoms with Gasteiger partial charge >= 0.3 is 0 Å². The Kier molecular flexibility index (Phi) is 5.63. The number of fused-ring (bicyclic) bond motifs is 1. The number of benzene rings is 2. The second kappa shape index (κ2) is 8.09. The number of rotatable bonds is 5. The standard InChI is InChI=1S/C18H16ClN3O2S/c19-13-6-3-5-12(11-13)18(24)22-21-16(23)9-4-10-17-20-14-7-1-2-8-15(14)25-17/h1-3,5-8,11H,4,9-10H2,(H,21,23)(H,22,24). The molecule has 0 aliphatic carbocycles. The monoisotopic (exact) mass is 373 g/mol. The van der Waals surface area contributed by atoms with Crippen LogP contribution >= 0.6 is 22.9 Å². The van der Waals surface area contributed by atoms with Gasteiger partial charge in [0.1, 0.15) is 0 Å². The van der Waals surface area contributed by atoms with Crippen LogP contribution < -0.4 is 10.9 Å². The molecule has 0 spiro atoms. The number of carbonyl (C=O) groups excluding carboxylic acids is 2. The Hall–Kier alpha value is -2.44. The lowest BCUT2D eigenvalue weighted by Crippen LogP contribution is -2.41. The summed E-state index contributed by atoms with van der Waals surface area (Å²) in [5.41, 5.74) is 6.18. The predicted molar refractivity (Wildman–Crippen MR) is 99.6 cm³/mol. The summed E-state index contributed by atoms with van der Waals surface area (Å²) in [5, 5.41) is 1.48. The molecular formula is C18H16ClN3O2S. The molecule has 0 bridgehead atoms. The number of hydrogen-bond acceptors (Lipinski definition) is 4. The van der Waals surface area contributed by atoms with E-state index in [1.807, 2.05) is 24.3 Å². The number of aromatic nitrogens is 1. The van der Waals surface area contributed by atoms with Crippen LogP contribution in [0.1, 0.15) is 28.2 Å². The number of hydrazine groups is 1. The Labute approximate surface area is 154 Å². The molecule has 0 atom stereocenters. The van der Waals surface area contributed by atoms with E-state index in [0.717, 1.165) is 21.6 Å². The normalized spacial score (nSPS) is 10.6. The Morgan fingerprint density at radius 2 is 1.92 bits per heavy atom. The first-order chi connectivity index (χ1) is 12.1. The average molecular weight is 374 g/mol. The lowest BCUT2D eigenvalue weighted by molar-refractivity contribution is -0.121. The van der Waals surface area contributed by atoms with Gasteiger partial charge in [0.15, 0.2) is 0 Å². The Morgan fingerprint density at radius 1 is 1.08 bits per heavy atom. The van der Waals surface area contributed by atoms with Gasteiger partial charge < -0.3 is 0 Å². The summed E-state index contributed by atoms with van der Waals surface area (Å²) in [4.78, 5) is 28.3. The minimum Gasteiger partial charge on any atom is -0.273 e. The fraction of sp³-hybridized carbons (Fsp3) is 0.167. The lowest BCUT2D eigenvalue weighted by Gasteiger charge is -2.07. The van der Waals surface area contributed by atoms with Crippen molar-refractivity contribution in [1.82, 2.24) is 15.8 Å². The fourth-order valence-corrected chi connectivity index (χ4v) is 3.52. The average Bonchev–Trinajstić information content (AvgIpc) is 3.02. The second-order valence-corrected chi connectivity index (χ2v) is 6.99. The molecule has 3 aromatic rings. The van der Waals surface area contributed by atoms with Crippen molar-refractivity contribution in [3.05, 3.63) is 64.1 Å². The van der Waals surface area contributed by atoms with Crippen molar-refractivity contribution in [2.45, 2.75) is 19.3 Å². The van der Waals surface area contributed by atoms with E-state index in [0.29, 0.717) is 23.4 Å². The van der Waals surface area contributed by atoms with E-state index in [1.54, 1.807) is 29.5 Å². The highest BCUT2D eigenvalue weighted by Gasteiger charge is 2.09. The van der Waals surface area contributed by atoms with Crippen molar-refractivity contribution < 1.29 is 9.59 Å². The molecule has 0 fully saturated rings. The summed E-state index contributed by atoms with van der Waals surface area (Å²) in [6.45, 7) is 0. The summed E-state index contributed by atoms with van der Waals surface area (Å²) in [6.07, 6.45) is 1.71. The molecule has 0 aliphatic rings. The summed E-state index contributed by atoms with van der Waals surface area (Å²) in [5.74, 6) is -0.640. The Bertz CT molecular complexity index is 877. The zero-order chi connectivity index (χ0) is 17.6. The predicted octanol–water partition coefficient (Wildman–Crippen LogP) is 3.73. The number of aryl methyl sites for hydroxylation is 1. The molecule has 5 nitrogen and oxygen atoms in total. The van der Waals surface area contributed by atoms with E-state index in [9.17, 15) is 9.59 Å². The molecule has 2 N–H and O–H groups in total. The quantitative estimate of drug-likeness (QED) is 0.669. The molecule has 0 saturated carbocycles. The van der Waals surface area contributed by atoms with Gasteiger partial charge in [-0.1, -0.05) is 29.8 Å². The van der Waals surface area contributed by atoms with Crippen LogP contribution in [-0.2, 0) is 11.2 Å². The minimum absolute atomic E-state index is 0.239. The SMILES string of the molecule is O=C(CCCc1nc2ccccc2s1)NNC(=O)c1cccc(Cl)c1. The first-order valence-electron chi connectivity index (χ1n) is 7.81. The lowest BCUT2D eigenvalue weighted by atomic mass is 10.2. The van der Waals surface area contributed by atoms with Gasteiger partial charge in [-0.2, -0.15) is 0 Å². The number of para-hydroxylation sites is 1. The van der Waals surface area contributed by atoms with Gasteiger partial charge in [-0.15, -0.1) is 11.3 Å². The minimum atomic E-state index is -0.401.